The molecule has 3 aliphatic carbocycles. The predicted molar refractivity (Wildman–Crippen MR) is 113 cm³/mol. The fourth-order valence-corrected chi connectivity index (χ4v) is 5.31. The molecule has 2 unspecified atom stereocenters. The van der Waals surface area contributed by atoms with Crippen LogP contribution in [0, 0.1) is 35.3 Å². The van der Waals surface area contributed by atoms with Gasteiger partial charge in [-0.25, -0.2) is 8.78 Å². The van der Waals surface area contributed by atoms with Crippen molar-refractivity contribution < 1.29 is 28.3 Å². The normalized spacial score (nSPS) is 27.8. The molecule has 5 nitrogen and oxygen atoms in total. The molecule has 0 radical (unpaired) electrons. The number of carbonyl (C=O) groups excluding carboxylic acids is 3. The van der Waals surface area contributed by atoms with Gasteiger partial charge in [0.15, 0.2) is 5.78 Å². The van der Waals surface area contributed by atoms with E-state index in [0.29, 0.717) is 29.9 Å². The van der Waals surface area contributed by atoms with Crippen LogP contribution in [0.5, 0.6) is 0 Å². The number of aliphatic hydroxyl groups excluding tert-OH is 1. The smallest absolute Gasteiger partial charge is 0.255 e. The molecule has 4 rings (SSSR count). The minimum atomic E-state index is -1.66. The van der Waals surface area contributed by atoms with Crippen molar-refractivity contribution in [1.82, 2.24) is 5.32 Å². The summed E-state index contributed by atoms with van der Waals surface area (Å²) in [5.74, 6) is -2.31. The molecule has 3 aliphatic rings. The Kier molecular flexibility index (Phi) is 6.12. The quantitative estimate of drug-likeness (QED) is 0.699. The van der Waals surface area contributed by atoms with Gasteiger partial charge >= 0.3 is 0 Å². The number of ketones is 2. The monoisotopic (exact) mass is 443 g/mol. The number of fused-ring (bicyclic) bond motifs is 1. The Morgan fingerprint density at radius 2 is 1.94 bits per heavy atom. The van der Waals surface area contributed by atoms with Crippen molar-refractivity contribution in [3.8, 4) is 0 Å². The van der Waals surface area contributed by atoms with Gasteiger partial charge in [-0.05, 0) is 61.2 Å². The zero-order valence-corrected chi connectivity index (χ0v) is 18.2. The number of rotatable bonds is 4. The number of allylic oxidation sites excluding steroid dienone is 2. The molecule has 0 bridgehead atoms. The molecular formula is C25H27F2NO4. The van der Waals surface area contributed by atoms with Gasteiger partial charge in [0.05, 0.1) is 5.57 Å². The van der Waals surface area contributed by atoms with Crippen LogP contribution in [-0.4, -0.2) is 28.7 Å². The van der Waals surface area contributed by atoms with Gasteiger partial charge < -0.3 is 10.4 Å². The van der Waals surface area contributed by atoms with E-state index in [1.54, 1.807) is 0 Å². The summed E-state index contributed by atoms with van der Waals surface area (Å²) in [6.45, 7) is 4.11. The topological polar surface area (TPSA) is 83.5 Å². The Balaban J connectivity index is 1.55. The van der Waals surface area contributed by atoms with Crippen molar-refractivity contribution in [1.29, 1.82) is 0 Å². The Bertz CT molecular complexity index is 1040. The second kappa shape index (κ2) is 8.70. The average Bonchev–Trinajstić information content (AvgIpc) is 2.75. The van der Waals surface area contributed by atoms with Crippen LogP contribution >= 0.6 is 0 Å². The highest BCUT2D eigenvalue weighted by molar-refractivity contribution is 6.25. The summed E-state index contributed by atoms with van der Waals surface area (Å²) >= 11 is 0. The first kappa shape index (κ1) is 22.5. The summed E-state index contributed by atoms with van der Waals surface area (Å²) in [5, 5.41) is 13.1. The molecule has 170 valence electrons. The maximum atomic E-state index is 13.8. The van der Waals surface area contributed by atoms with E-state index in [-0.39, 0.29) is 40.9 Å². The molecule has 7 heteroatoms. The number of benzene rings is 1. The molecule has 0 aliphatic heterocycles. The molecule has 0 heterocycles. The second-order valence-corrected chi connectivity index (χ2v) is 9.43. The first-order chi connectivity index (χ1) is 15.2. The highest BCUT2D eigenvalue weighted by Crippen LogP contribution is 2.47. The van der Waals surface area contributed by atoms with Gasteiger partial charge in [-0.3, -0.25) is 14.4 Å². The Hall–Kier alpha value is -2.67. The predicted octanol–water partition coefficient (Wildman–Crippen LogP) is 3.41. The van der Waals surface area contributed by atoms with Crippen molar-refractivity contribution in [2.24, 2.45) is 23.7 Å². The van der Waals surface area contributed by atoms with Gasteiger partial charge in [0.1, 0.15) is 17.7 Å². The third kappa shape index (κ3) is 4.06. The number of nitrogens with one attached hydrogen (secondary N) is 1. The Morgan fingerprint density at radius 1 is 1.19 bits per heavy atom. The summed E-state index contributed by atoms with van der Waals surface area (Å²) in [6.07, 6.45) is 2.92. The van der Waals surface area contributed by atoms with Crippen molar-refractivity contribution in [2.45, 2.75) is 52.2 Å². The van der Waals surface area contributed by atoms with Gasteiger partial charge in [0.25, 0.3) is 5.91 Å². The fourth-order valence-electron chi connectivity index (χ4n) is 5.31. The molecule has 1 aromatic carbocycles. The molecule has 32 heavy (non-hydrogen) atoms. The number of aliphatic hydroxyl groups is 1. The molecule has 2 N–H and O–H groups in total. The van der Waals surface area contributed by atoms with Gasteiger partial charge in [0.2, 0.25) is 5.78 Å². The Labute approximate surface area is 185 Å². The number of hydrogen-bond donors (Lipinski definition) is 2. The highest BCUT2D eigenvalue weighted by atomic mass is 19.1. The van der Waals surface area contributed by atoms with E-state index in [0.717, 1.165) is 25.3 Å². The number of halogens is 2. The summed E-state index contributed by atoms with van der Waals surface area (Å²) in [5.41, 5.74) is 0.495. The average molecular weight is 443 g/mol. The van der Waals surface area contributed by atoms with Gasteiger partial charge in [-0.1, -0.05) is 19.9 Å². The first-order valence-electron chi connectivity index (χ1n) is 11.1. The summed E-state index contributed by atoms with van der Waals surface area (Å²) in [4.78, 5) is 38.5. The van der Waals surface area contributed by atoms with E-state index in [9.17, 15) is 28.3 Å². The third-order valence-electron chi connectivity index (χ3n) is 7.20. The highest BCUT2D eigenvalue weighted by Gasteiger charge is 2.46. The van der Waals surface area contributed by atoms with Gasteiger partial charge in [-0.15, -0.1) is 0 Å². The lowest BCUT2D eigenvalue weighted by molar-refractivity contribution is -0.131. The van der Waals surface area contributed by atoms with Crippen LogP contribution in [0.1, 0.15) is 45.1 Å². The maximum absolute atomic E-state index is 13.8. The largest absolute Gasteiger partial charge is 0.380 e. The van der Waals surface area contributed by atoms with Crippen LogP contribution in [-0.2, 0) is 20.9 Å². The van der Waals surface area contributed by atoms with Gasteiger partial charge in [-0.2, -0.15) is 0 Å². The minimum Gasteiger partial charge on any atom is -0.380 e. The van der Waals surface area contributed by atoms with E-state index in [1.807, 2.05) is 0 Å². The van der Waals surface area contributed by atoms with Crippen LogP contribution in [0.25, 0.3) is 0 Å². The number of amides is 1. The number of hydrogen-bond acceptors (Lipinski definition) is 4. The molecule has 1 saturated carbocycles. The summed E-state index contributed by atoms with van der Waals surface area (Å²) < 4.78 is 26.9. The summed E-state index contributed by atoms with van der Waals surface area (Å²) in [6, 6.07) is 3.01. The molecule has 0 spiro atoms. The van der Waals surface area contributed by atoms with Crippen LogP contribution < -0.4 is 5.32 Å². The van der Waals surface area contributed by atoms with Crippen molar-refractivity contribution in [2.75, 3.05) is 0 Å². The van der Waals surface area contributed by atoms with Crippen molar-refractivity contribution >= 4 is 17.5 Å². The van der Waals surface area contributed by atoms with Crippen molar-refractivity contribution in [3.63, 3.8) is 0 Å². The lowest BCUT2D eigenvalue weighted by Gasteiger charge is -2.42. The van der Waals surface area contributed by atoms with E-state index in [4.69, 9.17) is 0 Å². The third-order valence-corrected chi connectivity index (χ3v) is 7.20. The maximum Gasteiger partial charge on any atom is 0.255 e. The van der Waals surface area contributed by atoms with Gasteiger partial charge in [0, 0.05) is 29.7 Å². The SMILES string of the molecule is CC(C)[C@H]1CCC2C(=O)C3=C(C=C(C(=O)NCc4ccc(F)cc4F)C(=O)C3O)C[C@@H]2C1. The fraction of sp³-hybridized carbons (Fsp3) is 0.480. The first-order valence-corrected chi connectivity index (χ1v) is 11.1. The van der Waals surface area contributed by atoms with Crippen LogP contribution in [0.4, 0.5) is 8.78 Å². The molecule has 0 saturated heterocycles. The molecule has 0 aromatic heterocycles. The molecule has 1 amide bonds. The second-order valence-electron chi connectivity index (χ2n) is 9.43. The van der Waals surface area contributed by atoms with Crippen LogP contribution in [0.15, 0.2) is 41.0 Å². The van der Waals surface area contributed by atoms with Crippen LogP contribution in [0.2, 0.25) is 0 Å². The zero-order chi connectivity index (χ0) is 23.2. The van der Waals surface area contributed by atoms with E-state index < -0.39 is 29.4 Å². The van der Waals surface area contributed by atoms with E-state index in [2.05, 4.69) is 19.2 Å². The Morgan fingerprint density at radius 3 is 2.62 bits per heavy atom. The van der Waals surface area contributed by atoms with E-state index in [1.165, 1.54) is 12.1 Å². The standard InChI is InChI=1S/C25H27F2NO4/c1-12(2)13-4-6-18-15(7-13)8-16-9-19(23(30)24(31)21(16)22(18)29)25(32)28-11-14-3-5-17(26)10-20(14)27/h3,5,9-10,12-13,15,18,24,31H,4,6-8,11H2,1-2H3,(H,28,32)/t13-,15-,18?,24?/m0/s1. The minimum absolute atomic E-state index is 0.0710. The molecule has 1 aromatic rings. The molecule has 4 atom stereocenters. The number of carbonyl (C=O) groups is 3. The zero-order valence-electron chi connectivity index (χ0n) is 18.2. The summed E-state index contributed by atoms with van der Waals surface area (Å²) in [7, 11) is 0. The molecular weight excluding hydrogens is 416 g/mol. The lowest BCUT2D eigenvalue weighted by atomic mass is 9.62. The van der Waals surface area contributed by atoms with Crippen LogP contribution in [0.3, 0.4) is 0 Å². The van der Waals surface area contributed by atoms with E-state index >= 15 is 0 Å². The van der Waals surface area contributed by atoms with Crippen molar-refractivity contribution in [3.05, 3.63) is 58.2 Å². The lowest BCUT2D eigenvalue weighted by Crippen LogP contribution is -2.44. The molecule has 1 fully saturated rings. The number of Topliss-reactive ketones (excluding diaryl/α,β-unsaturated/α-hetero) is 2.